The summed E-state index contributed by atoms with van der Waals surface area (Å²) in [6.45, 7) is 5.05. The van der Waals surface area contributed by atoms with Gasteiger partial charge in [0.2, 0.25) is 0 Å². The highest BCUT2D eigenvalue weighted by Gasteiger charge is 2.25. The van der Waals surface area contributed by atoms with Gasteiger partial charge in [-0.1, -0.05) is 30.3 Å². The van der Waals surface area contributed by atoms with E-state index >= 15 is 0 Å². The van der Waals surface area contributed by atoms with Gasteiger partial charge in [-0.25, -0.2) is 9.59 Å². The second kappa shape index (κ2) is 10.3. The van der Waals surface area contributed by atoms with Crippen LogP contribution in [0.3, 0.4) is 0 Å². The minimum atomic E-state index is -0.325. The largest absolute Gasteiger partial charge is 0.453 e. The maximum Gasteiger partial charge on any atom is 0.409 e. The molecule has 28 heavy (non-hydrogen) atoms. The van der Waals surface area contributed by atoms with Crippen LogP contribution >= 0.6 is 0 Å². The number of nitrogens with zero attached hydrogens (tertiary/aromatic N) is 2. The summed E-state index contributed by atoms with van der Waals surface area (Å²) in [5, 5.41) is 6.02. The average Bonchev–Trinajstić information content (AvgIpc) is 2.73. The fourth-order valence-electron chi connectivity index (χ4n) is 4.05. The third-order valence-electron chi connectivity index (χ3n) is 5.70. The van der Waals surface area contributed by atoms with E-state index in [1.165, 1.54) is 12.7 Å². The Hall–Kier alpha value is -2.28. The first kappa shape index (κ1) is 20.5. The third-order valence-corrected chi connectivity index (χ3v) is 5.70. The van der Waals surface area contributed by atoms with Gasteiger partial charge >= 0.3 is 12.1 Å². The number of urea groups is 1. The van der Waals surface area contributed by atoms with Gasteiger partial charge in [-0.05, 0) is 50.3 Å². The van der Waals surface area contributed by atoms with Gasteiger partial charge < -0.3 is 20.3 Å². The molecule has 2 N–H and O–H groups in total. The molecule has 7 heteroatoms. The van der Waals surface area contributed by atoms with Crippen LogP contribution in [0, 0.1) is 5.92 Å². The van der Waals surface area contributed by atoms with E-state index in [1.54, 1.807) is 4.90 Å². The molecule has 2 saturated heterocycles. The highest BCUT2D eigenvalue weighted by atomic mass is 16.5. The number of carbonyl (C=O) groups excluding carboxylic acids is 2. The first-order valence-corrected chi connectivity index (χ1v) is 10.3. The second-order valence-electron chi connectivity index (χ2n) is 7.81. The summed E-state index contributed by atoms with van der Waals surface area (Å²) < 4.78 is 4.77. The van der Waals surface area contributed by atoms with E-state index in [0.717, 1.165) is 45.3 Å². The molecule has 2 fully saturated rings. The molecule has 0 saturated carbocycles. The van der Waals surface area contributed by atoms with Crippen molar-refractivity contribution >= 4 is 12.1 Å². The van der Waals surface area contributed by atoms with Crippen LogP contribution in [0.25, 0.3) is 0 Å². The molecule has 1 aromatic rings. The minimum Gasteiger partial charge on any atom is -0.453 e. The van der Waals surface area contributed by atoms with Crippen LogP contribution in [0.4, 0.5) is 9.59 Å². The van der Waals surface area contributed by atoms with Crippen LogP contribution in [-0.4, -0.2) is 67.8 Å². The quantitative estimate of drug-likeness (QED) is 0.813. The van der Waals surface area contributed by atoms with E-state index in [4.69, 9.17) is 4.74 Å². The Morgan fingerprint density at radius 3 is 2.57 bits per heavy atom. The maximum atomic E-state index is 12.2. The molecule has 1 unspecified atom stereocenters. The lowest BCUT2D eigenvalue weighted by molar-refractivity contribution is 0.108. The van der Waals surface area contributed by atoms with Gasteiger partial charge in [0.15, 0.2) is 0 Å². The molecule has 0 aliphatic carbocycles. The van der Waals surface area contributed by atoms with E-state index in [2.05, 4.69) is 39.8 Å². The van der Waals surface area contributed by atoms with Crippen LogP contribution in [-0.2, 0) is 11.3 Å². The van der Waals surface area contributed by atoms with Crippen molar-refractivity contribution < 1.29 is 14.3 Å². The zero-order chi connectivity index (χ0) is 19.8. The molecule has 7 nitrogen and oxygen atoms in total. The molecular weight excluding hydrogens is 356 g/mol. The Morgan fingerprint density at radius 1 is 1.11 bits per heavy atom. The lowest BCUT2D eigenvalue weighted by atomic mass is 9.96. The summed E-state index contributed by atoms with van der Waals surface area (Å²) in [5.74, 6) is 0.524. The van der Waals surface area contributed by atoms with Crippen molar-refractivity contribution in [3.8, 4) is 0 Å². The summed E-state index contributed by atoms with van der Waals surface area (Å²) in [4.78, 5) is 28.0. The van der Waals surface area contributed by atoms with Gasteiger partial charge in [0, 0.05) is 32.2 Å². The Morgan fingerprint density at radius 2 is 1.86 bits per heavy atom. The molecule has 3 amide bonds. The molecule has 0 radical (unpaired) electrons. The number of carbonyl (C=O) groups is 2. The van der Waals surface area contributed by atoms with Crippen molar-refractivity contribution in [1.29, 1.82) is 0 Å². The van der Waals surface area contributed by atoms with Crippen molar-refractivity contribution in [3.05, 3.63) is 35.9 Å². The van der Waals surface area contributed by atoms with Crippen molar-refractivity contribution in [2.75, 3.05) is 39.8 Å². The molecule has 1 aromatic carbocycles. The first-order valence-electron chi connectivity index (χ1n) is 10.3. The fraction of sp³-hybridized carbons (Fsp3) is 0.619. The van der Waals surface area contributed by atoms with E-state index in [0.29, 0.717) is 25.6 Å². The molecule has 3 rings (SSSR count). The highest BCUT2D eigenvalue weighted by Crippen LogP contribution is 2.18. The van der Waals surface area contributed by atoms with Crippen LogP contribution in [0.5, 0.6) is 0 Å². The SMILES string of the molecule is COC(=O)N1CCCC(NC(=O)NCC2CCN(Cc3ccccc3)CC2)C1. The smallest absolute Gasteiger partial charge is 0.409 e. The summed E-state index contributed by atoms with van der Waals surface area (Å²) >= 11 is 0. The molecule has 1 atom stereocenters. The molecule has 154 valence electrons. The zero-order valence-electron chi connectivity index (χ0n) is 16.7. The van der Waals surface area contributed by atoms with Crippen molar-refractivity contribution in [3.63, 3.8) is 0 Å². The summed E-state index contributed by atoms with van der Waals surface area (Å²) in [7, 11) is 1.39. The van der Waals surface area contributed by atoms with E-state index in [9.17, 15) is 9.59 Å². The molecule has 2 aliphatic heterocycles. The normalized spacial score (nSPS) is 21.2. The summed E-state index contributed by atoms with van der Waals surface area (Å²) in [6, 6.07) is 10.4. The number of rotatable bonds is 5. The molecule has 0 spiro atoms. The number of piperidine rings is 2. The number of benzene rings is 1. The lowest BCUT2D eigenvalue weighted by Gasteiger charge is -2.33. The molecule has 2 heterocycles. The Bertz CT molecular complexity index is 632. The predicted molar refractivity (Wildman–Crippen MR) is 108 cm³/mol. The minimum absolute atomic E-state index is 0.0134. The fourth-order valence-corrected chi connectivity index (χ4v) is 4.05. The standard InChI is InChI=1S/C21H32N4O3/c1-28-21(27)25-11-5-8-19(16-25)23-20(26)22-14-17-9-12-24(13-10-17)15-18-6-3-2-4-7-18/h2-4,6-7,17,19H,5,8-16H2,1H3,(H2,22,23,26). The van der Waals surface area contributed by atoms with Crippen LogP contribution in [0.1, 0.15) is 31.2 Å². The number of amides is 3. The number of likely N-dealkylation sites (tertiary alicyclic amines) is 2. The van der Waals surface area contributed by atoms with Gasteiger partial charge in [0.05, 0.1) is 7.11 Å². The van der Waals surface area contributed by atoms with Gasteiger partial charge in [0.1, 0.15) is 0 Å². The van der Waals surface area contributed by atoms with E-state index < -0.39 is 0 Å². The number of nitrogens with one attached hydrogen (secondary N) is 2. The van der Waals surface area contributed by atoms with Crippen LogP contribution in [0.15, 0.2) is 30.3 Å². The van der Waals surface area contributed by atoms with Crippen molar-refractivity contribution in [2.24, 2.45) is 5.92 Å². The molecular formula is C21H32N4O3. The third kappa shape index (κ3) is 6.12. The summed E-state index contributed by atoms with van der Waals surface area (Å²) in [6.07, 6.45) is 3.65. The van der Waals surface area contributed by atoms with Gasteiger partial charge in [-0.15, -0.1) is 0 Å². The van der Waals surface area contributed by atoms with Gasteiger partial charge in [0.25, 0.3) is 0 Å². The second-order valence-corrected chi connectivity index (χ2v) is 7.81. The Labute approximate surface area is 167 Å². The van der Waals surface area contributed by atoms with Gasteiger partial charge in [-0.3, -0.25) is 4.90 Å². The zero-order valence-corrected chi connectivity index (χ0v) is 16.7. The lowest BCUT2D eigenvalue weighted by Crippen LogP contribution is -2.52. The highest BCUT2D eigenvalue weighted by molar-refractivity contribution is 5.74. The van der Waals surface area contributed by atoms with E-state index in [-0.39, 0.29) is 18.2 Å². The number of hydrogen-bond donors (Lipinski definition) is 2. The molecule has 0 bridgehead atoms. The topological polar surface area (TPSA) is 73.9 Å². The summed E-state index contributed by atoms with van der Waals surface area (Å²) in [5.41, 5.74) is 1.35. The Kier molecular flexibility index (Phi) is 7.54. The molecule has 0 aromatic heterocycles. The number of ether oxygens (including phenoxy) is 1. The van der Waals surface area contributed by atoms with Gasteiger partial charge in [-0.2, -0.15) is 0 Å². The average molecular weight is 389 g/mol. The Balaban J connectivity index is 1.32. The van der Waals surface area contributed by atoms with Crippen molar-refractivity contribution in [1.82, 2.24) is 20.4 Å². The first-order chi connectivity index (χ1) is 13.6. The monoisotopic (exact) mass is 388 g/mol. The van der Waals surface area contributed by atoms with Crippen LogP contribution < -0.4 is 10.6 Å². The predicted octanol–water partition coefficient (Wildman–Crippen LogP) is 2.43. The molecule has 2 aliphatic rings. The number of hydrogen-bond acceptors (Lipinski definition) is 4. The number of methoxy groups -OCH3 is 1. The van der Waals surface area contributed by atoms with Crippen LogP contribution in [0.2, 0.25) is 0 Å². The van der Waals surface area contributed by atoms with E-state index in [1.807, 2.05) is 6.07 Å². The maximum absolute atomic E-state index is 12.2. The van der Waals surface area contributed by atoms with Crippen molar-refractivity contribution in [2.45, 2.75) is 38.3 Å².